The van der Waals surface area contributed by atoms with Crippen molar-refractivity contribution in [3.8, 4) is 0 Å². The number of para-hydroxylation sites is 1. The fourth-order valence-electron chi connectivity index (χ4n) is 4.84. The zero-order valence-corrected chi connectivity index (χ0v) is 19.1. The van der Waals surface area contributed by atoms with Crippen LogP contribution in [0.4, 0.5) is 11.5 Å². The van der Waals surface area contributed by atoms with Crippen LogP contribution in [0.15, 0.2) is 36.7 Å². The number of rotatable bonds is 3. The minimum Gasteiger partial charge on any atom is -0.368 e. The third-order valence-corrected chi connectivity index (χ3v) is 7.85. The second kappa shape index (κ2) is 8.46. The molecule has 0 radical (unpaired) electrons. The number of hydrogen-bond donors (Lipinski definition) is 0. The summed E-state index contributed by atoms with van der Waals surface area (Å²) < 4.78 is 0. The minimum absolute atomic E-state index is 0.130. The number of piperazine rings is 1. The van der Waals surface area contributed by atoms with E-state index in [0.29, 0.717) is 6.04 Å². The minimum atomic E-state index is 0.130. The second-order valence-corrected chi connectivity index (χ2v) is 9.59. The van der Waals surface area contributed by atoms with Crippen LogP contribution in [0.25, 0.3) is 10.2 Å². The average Bonchev–Trinajstić information content (AvgIpc) is 3.16. The zero-order valence-electron chi connectivity index (χ0n) is 18.3. The highest BCUT2D eigenvalue weighted by atomic mass is 32.1. The summed E-state index contributed by atoms with van der Waals surface area (Å²) in [4.78, 5) is 31.1. The van der Waals surface area contributed by atoms with Crippen LogP contribution in [0.1, 0.15) is 41.4 Å². The number of anilines is 2. The van der Waals surface area contributed by atoms with Crippen molar-refractivity contribution in [3.05, 3.63) is 47.1 Å². The molecule has 1 amide bonds. The zero-order chi connectivity index (χ0) is 21.4. The maximum atomic E-state index is 13.4. The van der Waals surface area contributed by atoms with Gasteiger partial charge in [-0.15, -0.1) is 11.3 Å². The summed E-state index contributed by atoms with van der Waals surface area (Å²) in [6.07, 6.45) is 5.30. The molecule has 0 N–H and O–H groups in total. The number of piperidine rings is 1. The summed E-state index contributed by atoms with van der Waals surface area (Å²) in [6.45, 7) is 8.55. The van der Waals surface area contributed by atoms with E-state index in [1.165, 1.54) is 36.3 Å². The Labute approximate surface area is 187 Å². The first-order valence-corrected chi connectivity index (χ1v) is 12.0. The van der Waals surface area contributed by atoms with Gasteiger partial charge in [0.05, 0.1) is 10.3 Å². The molecule has 2 fully saturated rings. The SMILES string of the molecule is Cc1c(C(=O)N2CCN(c3ccccc3)CC2)sc2ncnc(N3CCCCC3C)c12. The molecule has 2 aliphatic rings. The number of fused-ring (bicyclic) bond motifs is 1. The number of carbonyl (C=O) groups is 1. The van der Waals surface area contributed by atoms with Gasteiger partial charge in [-0.05, 0) is 50.8 Å². The smallest absolute Gasteiger partial charge is 0.264 e. The number of aryl methyl sites for hydroxylation is 1. The van der Waals surface area contributed by atoms with Crippen molar-refractivity contribution >= 4 is 39.0 Å². The largest absolute Gasteiger partial charge is 0.368 e. The van der Waals surface area contributed by atoms with E-state index in [9.17, 15) is 4.79 Å². The van der Waals surface area contributed by atoms with Gasteiger partial charge in [-0.3, -0.25) is 4.79 Å². The van der Waals surface area contributed by atoms with E-state index >= 15 is 0 Å². The van der Waals surface area contributed by atoms with Crippen LogP contribution in [0.2, 0.25) is 0 Å². The van der Waals surface area contributed by atoms with Gasteiger partial charge in [0.1, 0.15) is 17.0 Å². The lowest BCUT2D eigenvalue weighted by Gasteiger charge is -2.36. The molecule has 0 spiro atoms. The van der Waals surface area contributed by atoms with E-state index in [-0.39, 0.29) is 5.91 Å². The van der Waals surface area contributed by atoms with Crippen LogP contribution < -0.4 is 9.80 Å². The first kappa shape index (κ1) is 20.2. The molecule has 3 aromatic rings. The van der Waals surface area contributed by atoms with Crippen LogP contribution in [0, 0.1) is 6.92 Å². The van der Waals surface area contributed by atoms with E-state index in [1.54, 1.807) is 6.33 Å². The number of benzene rings is 1. The second-order valence-electron chi connectivity index (χ2n) is 8.59. The van der Waals surface area contributed by atoms with Crippen LogP contribution in [0.3, 0.4) is 0 Å². The topological polar surface area (TPSA) is 52.6 Å². The van der Waals surface area contributed by atoms with Crippen molar-refractivity contribution in [2.24, 2.45) is 0 Å². The molecule has 7 heteroatoms. The number of carbonyl (C=O) groups excluding carboxylic acids is 1. The molecule has 4 heterocycles. The molecule has 0 aliphatic carbocycles. The van der Waals surface area contributed by atoms with Crippen molar-refractivity contribution < 1.29 is 4.79 Å². The van der Waals surface area contributed by atoms with Crippen LogP contribution in [-0.4, -0.2) is 59.5 Å². The number of aromatic nitrogens is 2. The van der Waals surface area contributed by atoms with Gasteiger partial charge in [0.25, 0.3) is 5.91 Å². The van der Waals surface area contributed by atoms with E-state index in [1.807, 2.05) is 11.0 Å². The molecule has 6 nitrogen and oxygen atoms in total. The summed E-state index contributed by atoms with van der Waals surface area (Å²) in [5.74, 6) is 1.13. The van der Waals surface area contributed by atoms with E-state index in [0.717, 1.165) is 59.2 Å². The van der Waals surface area contributed by atoms with Crippen LogP contribution >= 0.6 is 11.3 Å². The molecule has 2 aromatic heterocycles. The molecule has 162 valence electrons. The van der Waals surface area contributed by atoms with Crippen LogP contribution in [0.5, 0.6) is 0 Å². The standard InChI is InChI=1S/C24H29N5OS/c1-17-8-6-7-11-29(17)22-20-18(2)21(31-23(20)26-16-25-22)24(30)28-14-12-27(13-15-28)19-9-4-3-5-10-19/h3-5,9-10,16-17H,6-8,11-15H2,1-2H3. The Morgan fingerprint density at radius 1 is 1.03 bits per heavy atom. The fourth-order valence-corrected chi connectivity index (χ4v) is 5.95. The highest BCUT2D eigenvalue weighted by molar-refractivity contribution is 7.20. The predicted molar refractivity (Wildman–Crippen MR) is 127 cm³/mol. The van der Waals surface area contributed by atoms with Gasteiger partial charge in [-0.2, -0.15) is 0 Å². The number of hydrogen-bond acceptors (Lipinski definition) is 6. The summed E-state index contributed by atoms with van der Waals surface area (Å²) >= 11 is 1.52. The molecule has 0 saturated carbocycles. The number of amides is 1. The number of nitrogens with zero attached hydrogens (tertiary/aromatic N) is 5. The highest BCUT2D eigenvalue weighted by Gasteiger charge is 2.29. The quantitative estimate of drug-likeness (QED) is 0.613. The molecule has 2 aliphatic heterocycles. The number of thiophene rings is 1. The van der Waals surface area contributed by atoms with Gasteiger partial charge < -0.3 is 14.7 Å². The van der Waals surface area contributed by atoms with Gasteiger partial charge in [-0.25, -0.2) is 9.97 Å². The Kier molecular flexibility index (Phi) is 5.52. The molecule has 1 unspecified atom stereocenters. The lowest BCUT2D eigenvalue weighted by molar-refractivity contribution is 0.0751. The van der Waals surface area contributed by atoms with Gasteiger partial charge in [0, 0.05) is 44.5 Å². The van der Waals surface area contributed by atoms with Crippen molar-refractivity contribution in [1.82, 2.24) is 14.9 Å². The van der Waals surface area contributed by atoms with E-state index in [4.69, 9.17) is 0 Å². The average molecular weight is 436 g/mol. The van der Waals surface area contributed by atoms with Crippen molar-refractivity contribution in [2.45, 2.75) is 39.2 Å². The highest BCUT2D eigenvalue weighted by Crippen LogP contribution is 2.37. The van der Waals surface area contributed by atoms with Crippen molar-refractivity contribution in [3.63, 3.8) is 0 Å². The molecule has 1 aromatic carbocycles. The Bertz CT molecular complexity index is 1070. The summed E-state index contributed by atoms with van der Waals surface area (Å²) in [5.41, 5.74) is 2.26. The Balaban J connectivity index is 1.39. The molecule has 2 saturated heterocycles. The Morgan fingerprint density at radius 2 is 1.81 bits per heavy atom. The molecule has 5 rings (SSSR count). The monoisotopic (exact) mass is 435 g/mol. The van der Waals surface area contributed by atoms with E-state index in [2.05, 4.69) is 57.9 Å². The lowest BCUT2D eigenvalue weighted by atomic mass is 10.0. The molecule has 1 atom stereocenters. The third kappa shape index (κ3) is 3.76. The molecular formula is C24H29N5OS. The predicted octanol–water partition coefficient (Wildman–Crippen LogP) is 4.34. The van der Waals surface area contributed by atoms with Crippen molar-refractivity contribution in [2.75, 3.05) is 42.5 Å². The fraction of sp³-hybridized carbons (Fsp3) is 0.458. The van der Waals surface area contributed by atoms with Gasteiger partial charge in [0.2, 0.25) is 0 Å². The summed E-state index contributed by atoms with van der Waals surface area (Å²) in [5, 5.41) is 1.06. The molecular weight excluding hydrogens is 406 g/mol. The van der Waals surface area contributed by atoms with Gasteiger partial charge in [0.15, 0.2) is 0 Å². The van der Waals surface area contributed by atoms with E-state index < -0.39 is 0 Å². The van der Waals surface area contributed by atoms with Gasteiger partial charge in [-0.1, -0.05) is 18.2 Å². The molecule has 0 bridgehead atoms. The normalized spacial score (nSPS) is 19.8. The summed E-state index contributed by atoms with van der Waals surface area (Å²) in [6, 6.07) is 10.9. The Morgan fingerprint density at radius 3 is 2.55 bits per heavy atom. The third-order valence-electron chi connectivity index (χ3n) is 6.66. The Hall–Kier alpha value is -2.67. The lowest BCUT2D eigenvalue weighted by Crippen LogP contribution is -2.48. The first-order chi connectivity index (χ1) is 15.1. The van der Waals surface area contributed by atoms with Gasteiger partial charge >= 0.3 is 0 Å². The van der Waals surface area contributed by atoms with Crippen LogP contribution in [-0.2, 0) is 0 Å². The molecule has 31 heavy (non-hydrogen) atoms. The maximum absolute atomic E-state index is 13.4. The summed E-state index contributed by atoms with van der Waals surface area (Å²) in [7, 11) is 0. The maximum Gasteiger partial charge on any atom is 0.264 e. The van der Waals surface area contributed by atoms with Crippen molar-refractivity contribution in [1.29, 1.82) is 0 Å². The first-order valence-electron chi connectivity index (χ1n) is 11.2.